The third-order valence-electron chi connectivity index (χ3n) is 4.65. The van der Waals surface area contributed by atoms with Crippen molar-refractivity contribution in [3.8, 4) is 0 Å². The Morgan fingerprint density at radius 1 is 1.31 bits per heavy atom. The molecule has 0 bridgehead atoms. The minimum atomic E-state index is -0.648. The molecule has 1 aliphatic rings. The van der Waals surface area contributed by atoms with Gasteiger partial charge in [-0.3, -0.25) is 4.79 Å². The number of carbonyl (C=O) groups excluding carboxylic acids is 2. The van der Waals surface area contributed by atoms with Gasteiger partial charge in [-0.05, 0) is 31.6 Å². The Labute approximate surface area is 171 Å². The van der Waals surface area contributed by atoms with Crippen LogP contribution in [0, 0.1) is 0 Å². The molecule has 150 valence electrons. The van der Waals surface area contributed by atoms with Crippen molar-refractivity contribution in [2.75, 3.05) is 12.9 Å². The molecule has 2 heterocycles. The van der Waals surface area contributed by atoms with E-state index in [1.54, 1.807) is 30.1 Å². The van der Waals surface area contributed by atoms with Gasteiger partial charge in [-0.15, -0.1) is 5.10 Å². The average molecular weight is 412 g/mol. The number of esters is 1. The smallest absolute Gasteiger partial charge is 0.361 e. The summed E-state index contributed by atoms with van der Waals surface area (Å²) in [6, 6.07) is 7.25. The summed E-state index contributed by atoms with van der Waals surface area (Å²) in [5.74, 6) is -0.351. The van der Waals surface area contributed by atoms with Crippen LogP contribution in [0.2, 0.25) is 0 Å². The molecule has 1 aromatic carbocycles. The van der Waals surface area contributed by atoms with E-state index in [2.05, 4.69) is 15.2 Å². The minimum Gasteiger partial charge on any atom is -0.461 e. The van der Waals surface area contributed by atoms with Gasteiger partial charge < -0.3 is 9.26 Å². The predicted octanol–water partition coefficient (Wildman–Crippen LogP) is 3.32. The van der Waals surface area contributed by atoms with E-state index in [0.29, 0.717) is 23.0 Å². The van der Waals surface area contributed by atoms with E-state index < -0.39 is 5.97 Å². The molecule has 0 unspecified atom stereocenters. The van der Waals surface area contributed by atoms with Crippen LogP contribution in [0.5, 0.6) is 0 Å². The molecule has 3 aromatic rings. The Balaban J connectivity index is 1.72. The molecule has 0 atom stereocenters. The van der Waals surface area contributed by atoms with Crippen LogP contribution >= 0.6 is 11.8 Å². The normalized spacial score (nSPS) is 13.4. The van der Waals surface area contributed by atoms with Crippen LogP contribution in [0.3, 0.4) is 0 Å². The van der Waals surface area contributed by atoms with Crippen LogP contribution in [-0.2, 0) is 11.3 Å². The average Bonchev–Trinajstić information content (AvgIpc) is 3.31. The lowest BCUT2D eigenvalue weighted by Gasteiger charge is -2.09. The number of benzene rings is 1. The van der Waals surface area contributed by atoms with Crippen molar-refractivity contribution in [3.05, 3.63) is 58.7 Å². The maximum atomic E-state index is 13.5. The molecule has 9 heteroatoms. The lowest BCUT2D eigenvalue weighted by molar-refractivity contribution is 0.0512. The lowest BCUT2D eigenvalue weighted by atomic mass is 9.95. The van der Waals surface area contributed by atoms with Gasteiger partial charge in [-0.2, -0.15) is 0 Å². The van der Waals surface area contributed by atoms with E-state index in [0.717, 1.165) is 18.4 Å². The quantitative estimate of drug-likeness (QED) is 0.316. The van der Waals surface area contributed by atoms with Crippen molar-refractivity contribution < 1.29 is 18.8 Å². The van der Waals surface area contributed by atoms with E-state index in [1.165, 1.54) is 11.8 Å². The van der Waals surface area contributed by atoms with Gasteiger partial charge >= 0.3 is 5.97 Å². The molecule has 0 saturated heterocycles. The lowest BCUT2D eigenvalue weighted by Crippen LogP contribution is -2.15. The van der Waals surface area contributed by atoms with E-state index in [4.69, 9.17) is 9.26 Å². The molecular weight excluding hydrogens is 392 g/mol. The van der Waals surface area contributed by atoms with Crippen LogP contribution < -0.4 is 0 Å². The molecule has 0 amide bonds. The third kappa shape index (κ3) is 3.95. The summed E-state index contributed by atoms with van der Waals surface area (Å²) < 4.78 is 12.2. The SMILES string of the molecule is CCOC(=O)c1noc(C2CC2)c1C(=O)c1ccccc1Cn1cnc(SC)n1. The molecule has 8 nitrogen and oxygen atoms in total. The number of rotatable bonds is 8. The molecule has 0 radical (unpaired) electrons. The van der Waals surface area contributed by atoms with Crippen LogP contribution in [-0.4, -0.2) is 44.5 Å². The number of thioether (sulfide) groups is 1. The number of carbonyl (C=O) groups is 2. The second kappa shape index (κ2) is 8.20. The fourth-order valence-electron chi connectivity index (χ4n) is 3.12. The van der Waals surface area contributed by atoms with Gasteiger partial charge in [0.1, 0.15) is 11.9 Å². The zero-order valence-corrected chi connectivity index (χ0v) is 16.9. The molecule has 4 rings (SSSR count). The first-order valence-corrected chi connectivity index (χ1v) is 10.6. The van der Waals surface area contributed by atoms with Crippen molar-refractivity contribution in [2.45, 2.75) is 37.4 Å². The standard InChI is InChI=1S/C20H20N4O4S/c1-3-27-19(26)16-15(18(28-23-16)12-8-9-12)17(25)14-7-5-4-6-13(14)10-24-11-21-20(22-24)29-2/h4-7,11-12H,3,8-10H2,1-2H3. The summed E-state index contributed by atoms with van der Waals surface area (Å²) in [6.07, 6.45) is 5.36. The van der Waals surface area contributed by atoms with E-state index in [9.17, 15) is 9.59 Å². The number of nitrogens with zero attached hydrogens (tertiary/aromatic N) is 4. The summed E-state index contributed by atoms with van der Waals surface area (Å²) in [6.45, 7) is 2.28. The van der Waals surface area contributed by atoms with Crippen molar-refractivity contribution in [3.63, 3.8) is 0 Å². The van der Waals surface area contributed by atoms with Gasteiger partial charge in [0, 0.05) is 11.5 Å². The van der Waals surface area contributed by atoms with Gasteiger partial charge in [0.15, 0.2) is 11.5 Å². The summed E-state index contributed by atoms with van der Waals surface area (Å²) in [7, 11) is 0. The Morgan fingerprint density at radius 2 is 2.10 bits per heavy atom. The molecule has 1 fully saturated rings. The molecule has 0 spiro atoms. The Morgan fingerprint density at radius 3 is 2.79 bits per heavy atom. The largest absolute Gasteiger partial charge is 0.461 e. The number of hydrogen-bond acceptors (Lipinski definition) is 8. The number of ether oxygens (including phenoxy) is 1. The maximum absolute atomic E-state index is 13.5. The molecule has 2 aromatic heterocycles. The van der Waals surface area contributed by atoms with Gasteiger partial charge in [0.2, 0.25) is 10.9 Å². The molecular formula is C20H20N4O4S. The van der Waals surface area contributed by atoms with Crippen molar-refractivity contribution in [2.24, 2.45) is 0 Å². The molecule has 1 aliphatic carbocycles. The highest BCUT2D eigenvalue weighted by molar-refractivity contribution is 7.98. The summed E-state index contributed by atoms with van der Waals surface area (Å²) in [5.41, 5.74) is 1.40. The first-order valence-electron chi connectivity index (χ1n) is 9.35. The zero-order valence-electron chi connectivity index (χ0n) is 16.1. The van der Waals surface area contributed by atoms with Gasteiger partial charge in [0.25, 0.3) is 0 Å². The second-order valence-electron chi connectivity index (χ2n) is 6.68. The van der Waals surface area contributed by atoms with Crippen molar-refractivity contribution in [1.29, 1.82) is 0 Å². The molecule has 1 saturated carbocycles. The topological polar surface area (TPSA) is 100 Å². The molecule has 29 heavy (non-hydrogen) atoms. The predicted molar refractivity (Wildman–Crippen MR) is 105 cm³/mol. The fourth-order valence-corrected chi connectivity index (χ4v) is 3.46. The maximum Gasteiger partial charge on any atom is 0.361 e. The number of ketones is 1. The van der Waals surface area contributed by atoms with Crippen LogP contribution in [0.15, 0.2) is 40.3 Å². The Hall–Kier alpha value is -2.94. The highest BCUT2D eigenvalue weighted by Gasteiger charge is 2.37. The second-order valence-corrected chi connectivity index (χ2v) is 7.45. The monoisotopic (exact) mass is 412 g/mol. The molecule has 0 aliphatic heterocycles. The highest BCUT2D eigenvalue weighted by atomic mass is 32.2. The summed E-state index contributed by atoms with van der Waals surface area (Å²) >= 11 is 1.45. The van der Waals surface area contributed by atoms with Crippen molar-refractivity contribution >= 4 is 23.5 Å². The minimum absolute atomic E-state index is 0.0565. The van der Waals surface area contributed by atoms with Crippen LogP contribution in [0.4, 0.5) is 0 Å². The fraction of sp³-hybridized carbons (Fsp3) is 0.350. The first kappa shape index (κ1) is 19.4. The molecule has 0 N–H and O–H groups in total. The van der Waals surface area contributed by atoms with Crippen LogP contribution in [0.1, 0.15) is 63.4 Å². The van der Waals surface area contributed by atoms with Gasteiger partial charge in [-0.1, -0.05) is 41.2 Å². The van der Waals surface area contributed by atoms with Crippen LogP contribution in [0.25, 0.3) is 0 Å². The Bertz CT molecular complexity index is 1050. The zero-order chi connectivity index (χ0) is 20.4. The van der Waals surface area contributed by atoms with Gasteiger partial charge in [-0.25, -0.2) is 14.5 Å². The number of hydrogen-bond donors (Lipinski definition) is 0. The highest BCUT2D eigenvalue weighted by Crippen LogP contribution is 2.43. The van der Waals surface area contributed by atoms with Crippen molar-refractivity contribution in [1.82, 2.24) is 19.9 Å². The summed E-state index contributed by atoms with van der Waals surface area (Å²) in [4.78, 5) is 30.1. The van der Waals surface area contributed by atoms with Gasteiger partial charge in [0.05, 0.1) is 13.2 Å². The Kier molecular flexibility index (Phi) is 5.48. The third-order valence-corrected chi connectivity index (χ3v) is 5.21. The van der Waals surface area contributed by atoms with E-state index >= 15 is 0 Å². The van der Waals surface area contributed by atoms with E-state index in [-0.39, 0.29) is 29.6 Å². The summed E-state index contributed by atoms with van der Waals surface area (Å²) in [5, 5.41) is 8.90. The first-order chi connectivity index (χ1) is 14.1. The number of aromatic nitrogens is 4. The van der Waals surface area contributed by atoms with E-state index in [1.807, 2.05) is 18.4 Å².